The minimum absolute atomic E-state index is 0.193. The third kappa shape index (κ3) is 4.21. The first-order valence-corrected chi connectivity index (χ1v) is 10.9. The zero-order valence-electron chi connectivity index (χ0n) is 16.1. The van der Waals surface area contributed by atoms with E-state index in [9.17, 15) is 13.2 Å². The number of nitrogens with zero attached hydrogens (tertiary/aromatic N) is 2. The fourth-order valence-corrected chi connectivity index (χ4v) is 4.70. The van der Waals surface area contributed by atoms with E-state index in [1.54, 1.807) is 18.2 Å². The van der Waals surface area contributed by atoms with E-state index >= 15 is 0 Å². The highest BCUT2D eigenvalue weighted by atomic mass is 32.2. The van der Waals surface area contributed by atoms with Crippen molar-refractivity contribution in [2.24, 2.45) is 0 Å². The molecule has 0 unspecified atom stereocenters. The Morgan fingerprint density at radius 2 is 1.59 bits per heavy atom. The second-order valence-corrected chi connectivity index (χ2v) is 8.98. The minimum atomic E-state index is -3.55. The molecule has 0 atom stereocenters. The quantitative estimate of drug-likeness (QED) is 0.814. The van der Waals surface area contributed by atoms with Crippen molar-refractivity contribution in [3.05, 3.63) is 48.0 Å². The zero-order valence-corrected chi connectivity index (χ0v) is 16.9. The molecule has 2 aliphatic rings. The van der Waals surface area contributed by atoms with Gasteiger partial charge in [-0.05, 0) is 43.4 Å². The van der Waals surface area contributed by atoms with E-state index in [2.05, 4.69) is 10.2 Å². The van der Waals surface area contributed by atoms with Crippen LogP contribution in [0.15, 0.2) is 47.4 Å². The normalized spacial score (nSPS) is 17.7. The lowest BCUT2D eigenvalue weighted by atomic mass is 10.2. The molecule has 2 heterocycles. The fraction of sp³-hybridized carbons (Fsp3) is 0.350. The van der Waals surface area contributed by atoms with Gasteiger partial charge in [-0.15, -0.1) is 0 Å². The molecule has 29 heavy (non-hydrogen) atoms. The predicted molar refractivity (Wildman–Crippen MR) is 108 cm³/mol. The Kier molecular flexibility index (Phi) is 5.44. The Hall–Kier alpha value is -2.62. The Morgan fingerprint density at radius 3 is 2.28 bits per heavy atom. The number of hydrogen-bond acceptors (Lipinski definition) is 6. The molecule has 0 radical (unpaired) electrons. The van der Waals surface area contributed by atoms with E-state index in [0.717, 1.165) is 0 Å². The number of hydrogen-bond donors (Lipinski definition) is 1. The molecule has 0 bridgehead atoms. The molecule has 1 saturated heterocycles. The fourth-order valence-electron chi connectivity index (χ4n) is 3.28. The van der Waals surface area contributed by atoms with E-state index in [0.29, 0.717) is 62.1 Å². The number of fused-ring (bicyclic) bond motifs is 1. The summed E-state index contributed by atoms with van der Waals surface area (Å²) in [7, 11) is -1.58. The van der Waals surface area contributed by atoms with Crippen LogP contribution in [-0.2, 0) is 10.0 Å². The van der Waals surface area contributed by atoms with Gasteiger partial charge in [-0.2, -0.15) is 4.31 Å². The number of carbonyl (C=O) groups is 1. The molecule has 0 saturated carbocycles. The minimum Gasteiger partial charge on any atom is -0.486 e. The standard InChI is InChI=1S/C20H23N3O5S/c1-22-8-10-23(11-9-22)29(25,26)17-5-2-15(3-6-17)20(24)21-16-4-7-18-19(14-16)28-13-12-27-18/h2-7,14H,8-13H2,1H3,(H,21,24). The van der Waals surface area contributed by atoms with E-state index < -0.39 is 10.0 Å². The van der Waals surface area contributed by atoms with Crippen LogP contribution >= 0.6 is 0 Å². The molecule has 0 aliphatic carbocycles. The summed E-state index contributed by atoms with van der Waals surface area (Å²) in [6.45, 7) is 3.30. The average molecular weight is 417 g/mol. The summed E-state index contributed by atoms with van der Waals surface area (Å²) in [6.07, 6.45) is 0. The molecule has 0 spiro atoms. The number of rotatable bonds is 4. The molecule has 2 aromatic carbocycles. The van der Waals surface area contributed by atoms with Gasteiger partial charge in [-0.25, -0.2) is 8.42 Å². The summed E-state index contributed by atoms with van der Waals surface area (Å²) in [5.41, 5.74) is 0.950. The van der Waals surface area contributed by atoms with E-state index in [1.165, 1.54) is 28.6 Å². The third-order valence-corrected chi connectivity index (χ3v) is 6.93. The number of piperazine rings is 1. The molecule has 1 fully saturated rings. The highest BCUT2D eigenvalue weighted by molar-refractivity contribution is 7.89. The molecule has 0 aromatic heterocycles. The number of ether oxygens (including phenoxy) is 2. The molecule has 1 N–H and O–H groups in total. The van der Waals surface area contributed by atoms with Gasteiger partial charge in [0, 0.05) is 43.5 Å². The summed E-state index contributed by atoms with van der Waals surface area (Å²) in [5.74, 6) is 0.903. The van der Waals surface area contributed by atoms with Gasteiger partial charge in [0.15, 0.2) is 11.5 Å². The monoisotopic (exact) mass is 417 g/mol. The molecule has 4 rings (SSSR count). The van der Waals surface area contributed by atoms with Gasteiger partial charge in [0.2, 0.25) is 10.0 Å². The molecule has 8 nitrogen and oxygen atoms in total. The summed E-state index contributed by atoms with van der Waals surface area (Å²) < 4.78 is 38.0. The second kappa shape index (κ2) is 8.02. The lowest BCUT2D eigenvalue weighted by Crippen LogP contribution is -2.47. The molecule has 9 heteroatoms. The average Bonchev–Trinajstić information content (AvgIpc) is 2.74. The maximum Gasteiger partial charge on any atom is 0.255 e. The number of benzene rings is 2. The van der Waals surface area contributed by atoms with Crippen LogP contribution in [0.4, 0.5) is 5.69 Å². The molecule has 1 amide bonds. The first-order valence-electron chi connectivity index (χ1n) is 9.43. The van der Waals surface area contributed by atoms with E-state index in [-0.39, 0.29) is 10.8 Å². The SMILES string of the molecule is CN1CCN(S(=O)(=O)c2ccc(C(=O)Nc3ccc4c(c3)OCCO4)cc2)CC1. The summed E-state index contributed by atoms with van der Waals surface area (Å²) in [5, 5.41) is 2.79. The Morgan fingerprint density at radius 1 is 0.931 bits per heavy atom. The largest absolute Gasteiger partial charge is 0.486 e. The van der Waals surface area contributed by atoms with Crippen molar-refractivity contribution in [3.8, 4) is 11.5 Å². The second-order valence-electron chi connectivity index (χ2n) is 7.04. The third-order valence-electron chi connectivity index (χ3n) is 5.02. The lowest BCUT2D eigenvalue weighted by molar-refractivity contribution is 0.102. The van der Waals surface area contributed by atoms with Gasteiger partial charge in [-0.3, -0.25) is 4.79 Å². The van der Waals surface area contributed by atoms with Crippen LogP contribution in [0.25, 0.3) is 0 Å². The number of sulfonamides is 1. The van der Waals surface area contributed by atoms with Crippen LogP contribution in [-0.4, -0.2) is 70.0 Å². The van der Waals surface area contributed by atoms with Crippen LogP contribution < -0.4 is 14.8 Å². The van der Waals surface area contributed by atoms with Crippen LogP contribution in [0.3, 0.4) is 0 Å². The van der Waals surface area contributed by atoms with Crippen molar-refractivity contribution in [1.29, 1.82) is 0 Å². The Bertz CT molecular complexity index is 999. The first kappa shape index (κ1) is 19.7. The van der Waals surface area contributed by atoms with Crippen molar-refractivity contribution in [2.45, 2.75) is 4.90 Å². The van der Waals surface area contributed by atoms with Gasteiger partial charge in [0.25, 0.3) is 5.91 Å². The van der Waals surface area contributed by atoms with Gasteiger partial charge in [-0.1, -0.05) is 0 Å². The first-order chi connectivity index (χ1) is 13.9. The van der Waals surface area contributed by atoms with Gasteiger partial charge in [0.05, 0.1) is 4.90 Å². The van der Waals surface area contributed by atoms with Crippen molar-refractivity contribution in [2.75, 3.05) is 51.8 Å². The van der Waals surface area contributed by atoms with Crippen LogP contribution in [0.1, 0.15) is 10.4 Å². The number of nitrogens with one attached hydrogen (secondary N) is 1. The molecule has 2 aliphatic heterocycles. The van der Waals surface area contributed by atoms with Crippen LogP contribution in [0, 0.1) is 0 Å². The number of amides is 1. The molecular weight excluding hydrogens is 394 g/mol. The number of likely N-dealkylation sites (N-methyl/N-ethyl adjacent to an activating group) is 1. The Labute approximate surface area is 170 Å². The van der Waals surface area contributed by atoms with E-state index in [4.69, 9.17) is 9.47 Å². The number of anilines is 1. The van der Waals surface area contributed by atoms with Gasteiger partial charge < -0.3 is 19.7 Å². The topological polar surface area (TPSA) is 88.2 Å². The van der Waals surface area contributed by atoms with Gasteiger partial charge in [0.1, 0.15) is 13.2 Å². The lowest BCUT2D eigenvalue weighted by Gasteiger charge is -2.31. The molecular formula is C20H23N3O5S. The smallest absolute Gasteiger partial charge is 0.255 e. The predicted octanol–water partition coefficient (Wildman–Crippen LogP) is 1.65. The molecule has 2 aromatic rings. The summed E-state index contributed by atoms with van der Waals surface area (Å²) in [4.78, 5) is 14.8. The van der Waals surface area contributed by atoms with Crippen molar-refractivity contribution in [3.63, 3.8) is 0 Å². The van der Waals surface area contributed by atoms with Crippen molar-refractivity contribution < 1.29 is 22.7 Å². The summed E-state index contributed by atoms with van der Waals surface area (Å²) >= 11 is 0. The van der Waals surface area contributed by atoms with Gasteiger partial charge >= 0.3 is 0 Å². The molecule has 154 valence electrons. The van der Waals surface area contributed by atoms with Crippen molar-refractivity contribution in [1.82, 2.24) is 9.21 Å². The van der Waals surface area contributed by atoms with Crippen LogP contribution in [0.5, 0.6) is 11.5 Å². The highest BCUT2D eigenvalue weighted by Crippen LogP contribution is 2.32. The zero-order chi connectivity index (χ0) is 20.4. The van der Waals surface area contributed by atoms with Crippen molar-refractivity contribution >= 4 is 21.6 Å². The maximum absolute atomic E-state index is 12.8. The summed E-state index contributed by atoms with van der Waals surface area (Å²) in [6, 6.07) is 11.2. The highest BCUT2D eigenvalue weighted by Gasteiger charge is 2.27. The Balaban J connectivity index is 1.45. The van der Waals surface area contributed by atoms with Crippen LogP contribution in [0.2, 0.25) is 0 Å². The maximum atomic E-state index is 12.8. The van der Waals surface area contributed by atoms with E-state index in [1.807, 2.05) is 7.05 Å². The number of carbonyl (C=O) groups excluding carboxylic acids is 1.